The summed E-state index contributed by atoms with van der Waals surface area (Å²) >= 11 is 1.90. The van der Waals surface area contributed by atoms with E-state index in [1.165, 1.54) is 17.5 Å². The number of nitrogens with one attached hydrogen (secondary N) is 1. The van der Waals surface area contributed by atoms with Crippen LogP contribution in [0.25, 0.3) is 0 Å². The van der Waals surface area contributed by atoms with Crippen LogP contribution in [0, 0.1) is 5.92 Å². The number of rotatable bonds is 7. The fraction of sp³-hybridized carbons (Fsp3) is 0.542. The number of ether oxygens (including phenoxy) is 1. The minimum atomic E-state index is 0.488. The first-order valence-electron chi connectivity index (χ1n) is 11.1. The Morgan fingerprint density at radius 3 is 2.97 bits per heavy atom. The van der Waals surface area contributed by atoms with Crippen molar-refractivity contribution in [2.45, 2.75) is 39.0 Å². The number of guanidine groups is 1. The van der Waals surface area contributed by atoms with E-state index in [0.717, 1.165) is 51.7 Å². The lowest BCUT2D eigenvalue weighted by molar-refractivity contribution is 0.0906. The van der Waals surface area contributed by atoms with Gasteiger partial charge < -0.3 is 15.0 Å². The molecule has 2 atom stereocenters. The third kappa shape index (κ3) is 5.42. The van der Waals surface area contributed by atoms with E-state index >= 15 is 0 Å². The molecule has 0 amide bonds. The normalized spacial score (nSPS) is 20.9. The Kier molecular flexibility index (Phi) is 7.42. The molecule has 3 heterocycles. The van der Waals surface area contributed by atoms with Crippen LogP contribution >= 0.6 is 11.3 Å². The van der Waals surface area contributed by atoms with Gasteiger partial charge in [0.2, 0.25) is 0 Å². The lowest BCUT2D eigenvalue weighted by Crippen LogP contribution is -2.48. The highest BCUT2D eigenvalue weighted by molar-refractivity contribution is 7.10. The number of fused-ring (bicyclic) bond motifs is 1. The van der Waals surface area contributed by atoms with E-state index < -0.39 is 0 Å². The van der Waals surface area contributed by atoms with Crippen LogP contribution < -0.4 is 5.32 Å². The maximum atomic E-state index is 5.97. The minimum Gasteiger partial charge on any atom is -0.376 e. The van der Waals surface area contributed by atoms with Crippen LogP contribution in [0.5, 0.6) is 0 Å². The fourth-order valence-corrected chi connectivity index (χ4v) is 5.32. The highest BCUT2D eigenvalue weighted by atomic mass is 32.1. The number of benzene rings is 1. The molecule has 0 bridgehead atoms. The zero-order valence-electron chi connectivity index (χ0n) is 18.2. The smallest absolute Gasteiger partial charge is 0.193 e. The van der Waals surface area contributed by atoms with Crippen molar-refractivity contribution in [3.63, 3.8) is 0 Å². The standard InChI is InChI=1S/C24H34N4OS/c1-19(27-12-9-23-22(16-27)10-13-30-23)14-26-24(25-2)28-11-8-21(15-28)18-29-17-20-6-4-3-5-7-20/h3-7,10,13,19,21H,8-9,11-12,14-18H2,1-2H3,(H,25,26). The maximum absolute atomic E-state index is 5.97. The van der Waals surface area contributed by atoms with E-state index in [2.05, 4.69) is 62.7 Å². The summed E-state index contributed by atoms with van der Waals surface area (Å²) in [6, 6.07) is 13.2. The predicted octanol–water partition coefficient (Wildman–Crippen LogP) is 3.61. The SMILES string of the molecule is CN=C(NCC(C)N1CCc2sccc2C1)N1CCC(COCc2ccccc2)C1. The van der Waals surface area contributed by atoms with Gasteiger partial charge in [0.05, 0.1) is 13.2 Å². The van der Waals surface area contributed by atoms with E-state index in [4.69, 9.17) is 4.74 Å². The molecular formula is C24H34N4OS. The molecule has 0 radical (unpaired) electrons. The van der Waals surface area contributed by atoms with Crippen molar-refractivity contribution in [2.24, 2.45) is 10.9 Å². The Morgan fingerprint density at radius 2 is 2.13 bits per heavy atom. The third-order valence-corrected chi connectivity index (χ3v) is 7.30. The van der Waals surface area contributed by atoms with E-state index in [1.807, 2.05) is 24.5 Å². The van der Waals surface area contributed by atoms with Gasteiger partial charge in [0.1, 0.15) is 0 Å². The summed E-state index contributed by atoms with van der Waals surface area (Å²) in [4.78, 5) is 11.1. The molecule has 0 saturated carbocycles. The van der Waals surface area contributed by atoms with Crippen molar-refractivity contribution in [1.29, 1.82) is 0 Å². The molecule has 4 rings (SSSR count). The molecule has 1 aromatic heterocycles. The molecular weight excluding hydrogens is 392 g/mol. The molecule has 1 aromatic carbocycles. The van der Waals surface area contributed by atoms with Crippen LogP contribution in [0.4, 0.5) is 0 Å². The van der Waals surface area contributed by atoms with Gasteiger partial charge in [-0.25, -0.2) is 0 Å². The zero-order chi connectivity index (χ0) is 20.8. The summed E-state index contributed by atoms with van der Waals surface area (Å²) < 4.78 is 5.97. The number of hydrogen-bond acceptors (Lipinski definition) is 4. The Hall–Kier alpha value is -1.89. The number of nitrogens with zero attached hydrogens (tertiary/aromatic N) is 3. The van der Waals surface area contributed by atoms with Crippen molar-refractivity contribution in [1.82, 2.24) is 15.1 Å². The number of likely N-dealkylation sites (tertiary alicyclic amines) is 1. The largest absolute Gasteiger partial charge is 0.376 e. The van der Waals surface area contributed by atoms with Crippen LogP contribution in [0.1, 0.15) is 29.3 Å². The first-order chi connectivity index (χ1) is 14.7. The summed E-state index contributed by atoms with van der Waals surface area (Å²) in [7, 11) is 1.89. The highest BCUT2D eigenvalue weighted by Crippen LogP contribution is 2.25. The molecule has 6 heteroatoms. The average molecular weight is 427 g/mol. The van der Waals surface area contributed by atoms with Gasteiger partial charge in [0.15, 0.2) is 5.96 Å². The van der Waals surface area contributed by atoms with Crippen molar-refractivity contribution in [3.8, 4) is 0 Å². The first kappa shape index (κ1) is 21.3. The molecule has 1 saturated heterocycles. The third-order valence-electron chi connectivity index (χ3n) is 6.28. The van der Waals surface area contributed by atoms with Gasteiger partial charge in [0, 0.05) is 56.6 Å². The Morgan fingerprint density at radius 1 is 1.27 bits per heavy atom. The number of aliphatic imine (C=N–C) groups is 1. The molecule has 2 aliphatic rings. The molecule has 1 fully saturated rings. The summed E-state index contributed by atoms with van der Waals surface area (Å²) in [5.74, 6) is 1.60. The second kappa shape index (κ2) is 10.4. The van der Waals surface area contributed by atoms with Gasteiger partial charge in [0.25, 0.3) is 0 Å². The molecule has 2 aliphatic heterocycles. The summed E-state index contributed by atoms with van der Waals surface area (Å²) in [5.41, 5.74) is 2.76. The van der Waals surface area contributed by atoms with E-state index in [-0.39, 0.29) is 0 Å². The molecule has 2 unspecified atom stereocenters. The van der Waals surface area contributed by atoms with Crippen molar-refractivity contribution < 1.29 is 4.74 Å². The molecule has 0 spiro atoms. The van der Waals surface area contributed by atoms with Crippen molar-refractivity contribution in [3.05, 3.63) is 57.8 Å². The van der Waals surface area contributed by atoms with Gasteiger partial charge in [-0.3, -0.25) is 9.89 Å². The molecule has 5 nitrogen and oxygen atoms in total. The monoisotopic (exact) mass is 426 g/mol. The van der Waals surface area contributed by atoms with Crippen LogP contribution in [-0.4, -0.2) is 61.6 Å². The minimum absolute atomic E-state index is 0.488. The Bertz CT molecular complexity index is 822. The molecule has 0 aliphatic carbocycles. The lowest BCUT2D eigenvalue weighted by Gasteiger charge is -2.33. The van der Waals surface area contributed by atoms with Gasteiger partial charge in [-0.1, -0.05) is 30.3 Å². The van der Waals surface area contributed by atoms with Crippen LogP contribution in [0.15, 0.2) is 46.8 Å². The lowest BCUT2D eigenvalue weighted by atomic mass is 10.1. The zero-order valence-corrected chi connectivity index (χ0v) is 19.0. The van der Waals surface area contributed by atoms with E-state index in [0.29, 0.717) is 18.6 Å². The maximum Gasteiger partial charge on any atom is 0.193 e. The quantitative estimate of drug-likeness (QED) is 0.542. The van der Waals surface area contributed by atoms with E-state index in [1.54, 1.807) is 4.88 Å². The van der Waals surface area contributed by atoms with Crippen LogP contribution in [-0.2, 0) is 24.3 Å². The van der Waals surface area contributed by atoms with Crippen LogP contribution in [0.3, 0.4) is 0 Å². The van der Waals surface area contributed by atoms with Gasteiger partial charge in [-0.15, -0.1) is 11.3 Å². The highest BCUT2D eigenvalue weighted by Gasteiger charge is 2.26. The van der Waals surface area contributed by atoms with Crippen LogP contribution in [0.2, 0.25) is 0 Å². The molecule has 162 valence electrons. The predicted molar refractivity (Wildman–Crippen MR) is 125 cm³/mol. The van der Waals surface area contributed by atoms with Gasteiger partial charge >= 0.3 is 0 Å². The topological polar surface area (TPSA) is 40.1 Å². The second-order valence-corrected chi connectivity index (χ2v) is 9.47. The number of hydrogen-bond donors (Lipinski definition) is 1. The van der Waals surface area contributed by atoms with E-state index in [9.17, 15) is 0 Å². The molecule has 1 N–H and O–H groups in total. The second-order valence-electron chi connectivity index (χ2n) is 8.47. The average Bonchev–Trinajstić information content (AvgIpc) is 3.44. The summed E-state index contributed by atoms with van der Waals surface area (Å²) in [6.07, 6.45) is 2.35. The summed E-state index contributed by atoms with van der Waals surface area (Å²) in [5, 5.41) is 5.85. The summed E-state index contributed by atoms with van der Waals surface area (Å²) in [6.45, 7) is 9.06. The van der Waals surface area contributed by atoms with Crippen molar-refractivity contribution >= 4 is 17.3 Å². The van der Waals surface area contributed by atoms with Crippen molar-refractivity contribution in [2.75, 3.05) is 39.8 Å². The first-order valence-corrected chi connectivity index (χ1v) is 12.0. The fourth-order valence-electron chi connectivity index (χ4n) is 4.43. The molecule has 30 heavy (non-hydrogen) atoms. The number of thiophene rings is 1. The Balaban J connectivity index is 1.19. The van der Waals surface area contributed by atoms with Gasteiger partial charge in [-0.05, 0) is 42.3 Å². The van der Waals surface area contributed by atoms with Gasteiger partial charge in [-0.2, -0.15) is 0 Å². The Labute approximate surface area is 184 Å². The molecule has 2 aromatic rings.